The van der Waals surface area contributed by atoms with Gasteiger partial charge < -0.3 is 15.0 Å². The molecule has 0 aliphatic rings. The zero-order chi connectivity index (χ0) is 15.2. The average molecular weight is 280 g/mol. The van der Waals surface area contributed by atoms with Crippen LogP contribution in [-0.4, -0.2) is 28.1 Å². The third kappa shape index (κ3) is 4.87. The van der Waals surface area contributed by atoms with Gasteiger partial charge in [0, 0.05) is 31.8 Å². The van der Waals surface area contributed by atoms with E-state index in [-0.39, 0.29) is 24.4 Å². The number of carboxylic acid groups (broad SMARTS) is 1. The molecule has 1 aromatic rings. The number of rotatable bonds is 7. The van der Waals surface area contributed by atoms with E-state index in [1.807, 2.05) is 0 Å². The van der Waals surface area contributed by atoms with Crippen LogP contribution in [0.2, 0.25) is 0 Å². The van der Waals surface area contributed by atoms with Crippen LogP contribution in [0.4, 0.5) is 0 Å². The maximum Gasteiger partial charge on any atom is 0.303 e. The molecule has 110 valence electrons. The largest absolute Gasteiger partial charge is 0.481 e. The molecule has 1 aromatic heterocycles. The van der Waals surface area contributed by atoms with Crippen LogP contribution in [0.1, 0.15) is 26.7 Å². The predicted molar refractivity (Wildman–Crippen MR) is 74.4 cm³/mol. The van der Waals surface area contributed by atoms with Gasteiger partial charge in [0.2, 0.25) is 5.91 Å². The summed E-state index contributed by atoms with van der Waals surface area (Å²) in [6, 6.07) is 4.83. The topological polar surface area (TPSA) is 88.4 Å². The summed E-state index contributed by atoms with van der Waals surface area (Å²) in [4.78, 5) is 34.0. The van der Waals surface area contributed by atoms with Crippen molar-refractivity contribution in [2.75, 3.05) is 6.54 Å². The highest BCUT2D eigenvalue weighted by molar-refractivity contribution is 5.81. The molecule has 0 fully saturated rings. The van der Waals surface area contributed by atoms with E-state index in [1.54, 1.807) is 32.2 Å². The number of carbonyl (C=O) groups is 2. The Hall–Kier alpha value is -2.11. The number of carboxylic acids is 1. The molecule has 0 radical (unpaired) electrons. The molecule has 0 bridgehead atoms. The number of pyridine rings is 1. The van der Waals surface area contributed by atoms with Crippen molar-refractivity contribution in [3.05, 3.63) is 34.7 Å². The first-order chi connectivity index (χ1) is 9.33. The van der Waals surface area contributed by atoms with Crippen LogP contribution < -0.4 is 10.9 Å². The Labute approximate surface area is 117 Å². The summed E-state index contributed by atoms with van der Waals surface area (Å²) in [5.74, 6) is -1.08. The van der Waals surface area contributed by atoms with Crippen LogP contribution in [0.15, 0.2) is 29.2 Å². The van der Waals surface area contributed by atoms with Gasteiger partial charge in [0.05, 0.1) is 5.41 Å². The fourth-order valence-corrected chi connectivity index (χ4v) is 1.77. The summed E-state index contributed by atoms with van der Waals surface area (Å²) < 4.78 is 1.48. The van der Waals surface area contributed by atoms with Gasteiger partial charge in [-0.3, -0.25) is 14.4 Å². The van der Waals surface area contributed by atoms with Crippen LogP contribution in [0.25, 0.3) is 0 Å². The number of nitrogens with zero attached hydrogens (tertiary/aromatic N) is 1. The van der Waals surface area contributed by atoms with E-state index in [2.05, 4.69) is 5.32 Å². The molecule has 0 saturated carbocycles. The molecular weight excluding hydrogens is 260 g/mol. The molecule has 0 aliphatic heterocycles. The predicted octanol–water partition coefficient (Wildman–Crippen LogP) is 0.855. The second kappa shape index (κ2) is 6.88. The maximum absolute atomic E-state index is 12.1. The van der Waals surface area contributed by atoms with Gasteiger partial charge in [0.15, 0.2) is 0 Å². The highest BCUT2D eigenvalue weighted by Gasteiger charge is 2.28. The van der Waals surface area contributed by atoms with Gasteiger partial charge in [-0.15, -0.1) is 0 Å². The first-order valence-corrected chi connectivity index (χ1v) is 6.48. The molecule has 0 aromatic carbocycles. The molecule has 1 heterocycles. The highest BCUT2D eigenvalue weighted by Crippen LogP contribution is 2.17. The third-order valence-corrected chi connectivity index (χ3v) is 2.93. The molecule has 6 heteroatoms. The summed E-state index contributed by atoms with van der Waals surface area (Å²) in [5.41, 5.74) is -0.895. The lowest BCUT2D eigenvalue weighted by molar-refractivity contribution is -0.137. The molecular formula is C14H20N2O4. The average Bonchev–Trinajstić information content (AvgIpc) is 2.36. The Morgan fingerprint density at radius 3 is 2.65 bits per heavy atom. The van der Waals surface area contributed by atoms with E-state index in [9.17, 15) is 14.4 Å². The second-order valence-electron chi connectivity index (χ2n) is 5.30. The van der Waals surface area contributed by atoms with Crippen molar-refractivity contribution in [3.8, 4) is 0 Å². The lowest BCUT2D eigenvalue weighted by Gasteiger charge is -2.24. The van der Waals surface area contributed by atoms with Crippen LogP contribution in [0.5, 0.6) is 0 Å². The lowest BCUT2D eigenvalue weighted by atomic mass is 9.92. The zero-order valence-corrected chi connectivity index (χ0v) is 11.8. The number of nitrogens with one attached hydrogen (secondary N) is 1. The zero-order valence-electron chi connectivity index (χ0n) is 11.8. The quantitative estimate of drug-likeness (QED) is 0.725. The van der Waals surface area contributed by atoms with Crippen LogP contribution in [-0.2, 0) is 16.1 Å². The Bertz CT molecular complexity index is 534. The number of carbonyl (C=O) groups excluding carboxylic acids is 1. The number of hydrogen-bond donors (Lipinski definition) is 2. The van der Waals surface area contributed by atoms with Gasteiger partial charge in [-0.2, -0.15) is 0 Å². The monoisotopic (exact) mass is 280 g/mol. The van der Waals surface area contributed by atoms with Gasteiger partial charge in [-0.1, -0.05) is 6.07 Å². The first-order valence-electron chi connectivity index (χ1n) is 6.48. The van der Waals surface area contributed by atoms with Crippen molar-refractivity contribution in [1.29, 1.82) is 0 Å². The van der Waals surface area contributed by atoms with Crippen molar-refractivity contribution < 1.29 is 14.7 Å². The van der Waals surface area contributed by atoms with E-state index < -0.39 is 11.4 Å². The highest BCUT2D eigenvalue weighted by atomic mass is 16.4. The van der Waals surface area contributed by atoms with Gasteiger partial charge in [0.1, 0.15) is 0 Å². The summed E-state index contributed by atoms with van der Waals surface area (Å²) in [6.45, 7) is 4.09. The Morgan fingerprint density at radius 2 is 2.05 bits per heavy atom. The molecule has 0 atom stereocenters. The summed E-state index contributed by atoms with van der Waals surface area (Å²) >= 11 is 0. The molecule has 0 spiro atoms. The van der Waals surface area contributed by atoms with Crippen molar-refractivity contribution in [3.63, 3.8) is 0 Å². The normalized spacial score (nSPS) is 11.1. The van der Waals surface area contributed by atoms with Crippen molar-refractivity contribution in [2.24, 2.45) is 5.41 Å². The van der Waals surface area contributed by atoms with Crippen molar-refractivity contribution in [2.45, 2.75) is 33.2 Å². The fourth-order valence-electron chi connectivity index (χ4n) is 1.77. The minimum Gasteiger partial charge on any atom is -0.481 e. The van der Waals surface area contributed by atoms with Gasteiger partial charge >= 0.3 is 5.97 Å². The minimum atomic E-state index is -0.880. The smallest absolute Gasteiger partial charge is 0.303 e. The van der Waals surface area contributed by atoms with Crippen LogP contribution in [0.3, 0.4) is 0 Å². The summed E-state index contributed by atoms with van der Waals surface area (Å²) in [5, 5.41) is 11.2. The fraction of sp³-hybridized carbons (Fsp3) is 0.500. The molecule has 0 aliphatic carbocycles. The second-order valence-corrected chi connectivity index (χ2v) is 5.30. The standard InChI is InChI=1S/C14H20N2O4/c1-14(2,10-16-9-4-3-6-11(16)17)13(20)15-8-5-7-12(18)19/h3-4,6,9H,5,7-8,10H2,1-2H3,(H,15,20)(H,18,19). The number of aliphatic carboxylic acids is 1. The van der Waals surface area contributed by atoms with E-state index in [4.69, 9.17) is 5.11 Å². The Balaban J connectivity index is 2.55. The molecule has 2 N–H and O–H groups in total. The molecule has 1 rings (SSSR count). The summed E-state index contributed by atoms with van der Waals surface area (Å²) in [6.07, 6.45) is 2.06. The molecule has 20 heavy (non-hydrogen) atoms. The Morgan fingerprint density at radius 1 is 1.35 bits per heavy atom. The molecule has 1 amide bonds. The summed E-state index contributed by atoms with van der Waals surface area (Å²) in [7, 11) is 0. The number of aromatic nitrogens is 1. The SMILES string of the molecule is CC(C)(Cn1ccccc1=O)C(=O)NCCCC(=O)O. The van der Waals surface area contributed by atoms with E-state index in [0.29, 0.717) is 13.0 Å². The van der Waals surface area contributed by atoms with Gasteiger partial charge in [-0.25, -0.2) is 0 Å². The van der Waals surface area contributed by atoms with Gasteiger partial charge in [0.25, 0.3) is 5.56 Å². The molecule has 0 saturated heterocycles. The van der Waals surface area contributed by atoms with Crippen LogP contribution in [0, 0.1) is 5.41 Å². The lowest BCUT2D eigenvalue weighted by Crippen LogP contribution is -2.41. The minimum absolute atomic E-state index is 0.0266. The van der Waals surface area contributed by atoms with E-state index >= 15 is 0 Å². The number of hydrogen-bond acceptors (Lipinski definition) is 3. The third-order valence-electron chi connectivity index (χ3n) is 2.93. The number of amides is 1. The van der Waals surface area contributed by atoms with Gasteiger partial charge in [-0.05, 0) is 26.3 Å². The Kier molecular flexibility index (Phi) is 5.49. The van der Waals surface area contributed by atoms with E-state index in [1.165, 1.54) is 10.6 Å². The van der Waals surface area contributed by atoms with Crippen molar-refractivity contribution >= 4 is 11.9 Å². The molecule has 0 unspecified atom stereocenters. The van der Waals surface area contributed by atoms with Crippen molar-refractivity contribution in [1.82, 2.24) is 9.88 Å². The van der Waals surface area contributed by atoms with E-state index in [0.717, 1.165) is 0 Å². The maximum atomic E-state index is 12.1. The van der Waals surface area contributed by atoms with Crippen LogP contribution >= 0.6 is 0 Å². The molecule has 6 nitrogen and oxygen atoms in total. The first kappa shape index (κ1) is 15.9.